The first-order valence-electron chi connectivity index (χ1n) is 7.77. The van der Waals surface area contributed by atoms with Crippen molar-refractivity contribution in [2.24, 2.45) is 0 Å². The molecule has 0 aliphatic heterocycles. The highest BCUT2D eigenvalue weighted by Crippen LogP contribution is 2.15. The number of para-hydroxylation sites is 1. The molecule has 1 aromatic heterocycles. The quantitative estimate of drug-likeness (QED) is 0.681. The first kappa shape index (κ1) is 18.0. The summed E-state index contributed by atoms with van der Waals surface area (Å²) in [6.45, 7) is 4.22. The van der Waals surface area contributed by atoms with Gasteiger partial charge in [-0.1, -0.05) is 42.5 Å². The number of aryl methyl sites for hydroxylation is 1. The van der Waals surface area contributed by atoms with Gasteiger partial charge >= 0.3 is 0 Å². The lowest BCUT2D eigenvalue weighted by molar-refractivity contribution is 0.304. The number of hydrogen-bond acceptors (Lipinski definition) is 3. The lowest BCUT2D eigenvalue weighted by Gasteiger charge is -2.12. The number of aromatic nitrogens is 2. The van der Waals surface area contributed by atoms with E-state index in [2.05, 4.69) is 33.7 Å². The maximum absolute atomic E-state index is 5.86. The zero-order valence-corrected chi connectivity index (χ0v) is 14.5. The molecule has 3 aromatic rings. The fourth-order valence-electron chi connectivity index (χ4n) is 2.43. The smallest absolute Gasteiger partial charge is 0.119 e. The number of ether oxygens (including phenoxy) is 1. The fraction of sp³-hybridized carbons (Fsp3) is 0.211. The number of H-pyrrole nitrogens is 1. The Labute approximate surface area is 148 Å². The SMILES string of the molecule is Cc1[nH]ncc1CNCc1ccccc1COc1ccccc1.Cl. The molecule has 0 fully saturated rings. The summed E-state index contributed by atoms with van der Waals surface area (Å²) >= 11 is 0. The molecule has 0 amide bonds. The van der Waals surface area contributed by atoms with Crippen molar-refractivity contribution in [2.45, 2.75) is 26.6 Å². The van der Waals surface area contributed by atoms with E-state index in [1.807, 2.05) is 49.5 Å². The van der Waals surface area contributed by atoms with E-state index in [0.29, 0.717) is 6.61 Å². The molecule has 0 saturated heterocycles. The molecule has 0 unspecified atom stereocenters. The number of nitrogens with one attached hydrogen (secondary N) is 2. The van der Waals surface area contributed by atoms with Crippen molar-refractivity contribution in [2.75, 3.05) is 0 Å². The minimum Gasteiger partial charge on any atom is -0.489 e. The molecule has 24 heavy (non-hydrogen) atoms. The van der Waals surface area contributed by atoms with Gasteiger partial charge < -0.3 is 10.1 Å². The van der Waals surface area contributed by atoms with Gasteiger partial charge in [-0.2, -0.15) is 5.10 Å². The first-order chi connectivity index (χ1) is 11.3. The first-order valence-corrected chi connectivity index (χ1v) is 7.77. The summed E-state index contributed by atoms with van der Waals surface area (Å²) in [6, 6.07) is 18.3. The molecular formula is C19H22ClN3O. The highest BCUT2D eigenvalue weighted by atomic mass is 35.5. The van der Waals surface area contributed by atoms with Gasteiger partial charge in [0.05, 0.1) is 6.20 Å². The lowest BCUT2D eigenvalue weighted by atomic mass is 10.1. The van der Waals surface area contributed by atoms with Crippen LogP contribution in [-0.4, -0.2) is 10.2 Å². The van der Waals surface area contributed by atoms with Crippen LogP contribution in [0.5, 0.6) is 5.75 Å². The van der Waals surface area contributed by atoms with E-state index in [0.717, 1.165) is 24.5 Å². The highest BCUT2D eigenvalue weighted by Gasteiger charge is 2.04. The van der Waals surface area contributed by atoms with Crippen molar-refractivity contribution < 1.29 is 4.74 Å². The number of nitrogens with zero attached hydrogens (tertiary/aromatic N) is 1. The van der Waals surface area contributed by atoms with E-state index in [9.17, 15) is 0 Å². The summed E-state index contributed by atoms with van der Waals surface area (Å²) in [5.74, 6) is 0.893. The van der Waals surface area contributed by atoms with E-state index >= 15 is 0 Å². The summed E-state index contributed by atoms with van der Waals surface area (Å²) in [4.78, 5) is 0. The Balaban J connectivity index is 0.00000208. The van der Waals surface area contributed by atoms with Crippen LogP contribution >= 0.6 is 12.4 Å². The Bertz CT molecular complexity index is 743. The summed E-state index contributed by atoms with van der Waals surface area (Å²) in [5, 5.41) is 10.5. The second-order valence-electron chi connectivity index (χ2n) is 5.49. The molecule has 0 spiro atoms. The van der Waals surface area contributed by atoms with Crippen LogP contribution in [0.2, 0.25) is 0 Å². The molecule has 0 bridgehead atoms. The predicted molar refractivity (Wildman–Crippen MR) is 98.3 cm³/mol. The van der Waals surface area contributed by atoms with Crippen LogP contribution < -0.4 is 10.1 Å². The summed E-state index contributed by atoms with van der Waals surface area (Å²) in [7, 11) is 0. The monoisotopic (exact) mass is 343 g/mol. The van der Waals surface area contributed by atoms with E-state index in [1.54, 1.807) is 0 Å². The van der Waals surface area contributed by atoms with Gasteiger partial charge in [-0.05, 0) is 30.2 Å². The van der Waals surface area contributed by atoms with Gasteiger partial charge in [0.1, 0.15) is 12.4 Å². The molecule has 0 atom stereocenters. The van der Waals surface area contributed by atoms with Crippen LogP contribution in [-0.2, 0) is 19.7 Å². The third-order valence-corrected chi connectivity index (χ3v) is 3.82. The molecule has 3 rings (SSSR count). The molecular weight excluding hydrogens is 322 g/mol. The van der Waals surface area contributed by atoms with Crippen molar-refractivity contribution in [3.8, 4) is 5.75 Å². The van der Waals surface area contributed by atoms with Crippen LogP contribution in [0, 0.1) is 6.92 Å². The lowest BCUT2D eigenvalue weighted by Crippen LogP contribution is -2.14. The molecule has 4 nitrogen and oxygen atoms in total. The third kappa shape index (κ3) is 4.85. The predicted octanol–water partition coefficient (Wildman–Crippen LogP) is 4.01. The van der Waals surface area contributed by atoms with Crippen LogP contribution in [0.15, 0.2) is 60.8 Å². The molecule has 2 aromatic carbocycles. The molecule has 126 valence electrons. The molecule has 0 aliphatic carbocycles. The maximum Gasteiger partial charge on any atom is 0.119 e. The second-order valence-corrected chi connectivity index (χ2v) is 5.49. The maximum atomic E-state index is 5.86. The molecule has 0 saturated carbocycles. The van der Waals surface area contributed by atoms with E-state index < -0.39 is 0 Å². The number of halogens is 1. The average molecular weight is 344 g/mol. The van der Waals surface area contributed by atoms with E-state index in [1.165, 1.54) is 16.7 Å². The van der Waals surface area contributed by atoms with Crippen LogP contribution in [0.4, 0.5) is 0 Å². The zero-order chi connectivity index (χ0) is 15.9. The van der Waals surface area contributed by atoms with Crippen molar-refractivity contribution >= 4 is 12.4 Å². The van der Waals surface area contributed by atoms with Crippen molar-refractivity contribution in [1.82, 2.24) is 15.5 Å². The Morgan fingerprint density at radius 1 is 0.917 bits per heavy atom. The summed E-state index contributed by atoms with van der Waals surface area (Å²) in [6.07, 6.45) is 1.87. The summed E-state index contributed by atoms with van der Waals surface area (Å²) in [5.41, 5.74) is 4.76. The Hall–Kier alpha value is -2.30. The van der Waals surface area contributed by atoms with Gasteiger partial charge in [0.2, 0.25) is 0 Å². The number of rotatable bonds is 7. The van der Waals surface area contributed by atoms with Crippen LogP contribution in [0.25, 0.3) is 0 Å². The highest BCUT2D eigenvalue weighted by molar-refractivity contribution is 5.85. The third-order valence-electron chi connectivity index (χ3n) is 3.82. The number of aromatic amines is 1. The Morgan fingerprint density at radius 3 is 2.29 bits per heavy atom. The number of hydrogen-bond donors (Lipinski definition) is 2. The van der Waals surface area contributed by atoms with Gasteiger partial charge in [-0.15, -0.1) is 12.4 Å². The van der Waals surface area contributed by atoms with Gasteiger partial charge in [0.15, 0.2) is 0 Å². The Kier molecular flexibility index (Phi) is 6.85. The molecule has 5 heteroatoms. The summed E-state index contributed by atoms with van der Waals surface area (Å²) < 4.78 is 5.86. The minimum atomic E-state index is 0. The normalized spacial score (nSPS) is 10.2. The van der Waals surface area contributed by atoms with Gasteiger partial charge in [-0.25, -0.2) is 0 Å². The minimum absolute atomic E-state index is 0. The Morgan fingerprint density at radius 2 is 1.58 bits per heavy atom. The second kappa shape index (κ2) is 9.11. The van der Waals surface area contributed by atoms with E-state index in [-0.39, 0.29) is 12.4 Å². The van der Waals surface area contributed by atoms with Crippen LogP contribution in [0.1, 0.15) is 22.4 Å². The molecule has 2 N–H and O–H groups in total. The van der Waals surface area contributed by atoms with Crippen LogP contribution in [0.3, 0.4) is 0 Å². The van der Waals surface area contributed by atoms with Crippen molar-refractivity contribution in [3.05, 3.63) is 83.2 Å². The standard InChI is InChI=1S/C19H21N3O.ClH/c1-15-18(13-21-22-15)12-20-11-16-7-5-6-8-17(16)14-23-19-9-3-2-4-10-19;/h2-10,13,20H,11-12,14H2,1H3,(H,21,22);1H. The number of benzene rings is 2. The van der Waals surface area contributed by atoms with Gasteiger partial charge in [0, 0.05) is 24.3 Å². The fourth-order valence-corrected chi connectivity index (χ4v) is 2.43. The van der Waals surface area contributed by atoms with Gasteiger partial charge in [-0.3, -0.25) is 5.10 Å². The topological polar surface area (TPSA) is 49.9 Å². The molecule has 1 heterocycles. The van der Waals surface area contributed by atoms with Crippen molar-refractivity contribution in [1.29, 1.82) is 0 Å². The van der Waals surface area contributed by atoms with E-state index in [4.69, 9.17) is 4.74 Å². The van der Waals surface area contributed by atoms with Gasteiger partial charge in [0.25, 0.3) is 0 Å². The average Bonchev–Trinajstić information content (AvgIpc) is 3.00. The van der Waals surface area contributed by atoms with Crippen molar-refractivity contribution in [3.63, 3.8) is 0 Å². The zero-order valence-electron chi connectivity index (χ0n) is 13.7. The molecule has 0 aliphatic rings. The largest absolute Gasteiger partial charge is 0.489 e. The molecule has 0 radical (unpaired) electrons.